The van der Waals surface area contributed by atoms with Crippen LogP contribution in [0.1, 0.15) is 46.5 Å². The minimum absolute atomic E-state index is 1.15. The molecule has 0 nitrogen and oxygen atoms in total. The summed E-state index contributed by atoms with van der Waals surface area (Å²) < 4.78 is 0. The molecule has 0 saturated heterocycles. The molecule has 5 atom stereocenters. The predicted octanol–water partition coefficient (Wildman–Crippen LogP) is 3.71. The van der Waals surface area contributed by atoms with Crippen LogP contribution >= 0.6 is 0 Å². The lowest BCUT2D eigenvalue weighted by Gasteiger charge is -2.54. The van der Waals surface area contributed by atoms with Gasteiger partial charge < -0.3 is 0 Å². The summed E-state index contributed by atoms with van der Waals surface area (Å²) in [6, 6.07) is 0. The lowest BCUT2D eigenvalue weighted by Crippen LogP contribution is -2.46. The Morgan fingerprint density at radius 1 is 1.00 bits per heavy atom. The third-order valence-corrected chi connectivity index (χ3v) is 4.50. The van der Waals surface area contributed by atoms with Crippen molar-refractivity contribution >= 4 is 0 Å². The van der Waals surface area contributed by atoms with E-state index in [-0.39, 0.29) is 0 Å². The van der Waals surface area contributed by atoms with Crippen LogP contribution in [0.5, 0.6) is 0 Å². The average molecular weight is 166 g/mol. The summed E-state index contributed by atoms with van der Waals surface area (Å²) in [6.45, 7) is 6.38. The Balaban J connectivity index is 0.000000264. The second kappa shape index (κ2) is 3.05. The lowest BCUT2D eigenvalue weighted by atomic mass is 9.51. The van der Waals surface area contributed by atoms with Gasteiger partial charge in [-0.3, -0.25) is 0 Å². The molecule has 0 aromatic heterocycles. The zero-order valence-corrected chi connectivity index (χ0v) is 8.72. The smallest absolute Gasteiger partial charge is 0.0326 e. The summed E-state index contributed by atoms with van der Waals surface area (Å²) in [4.78, 5) is 0. The molecule has 0 bridgehead atoms. The maximum absolute atomic E-state index is 2.38. The lowest BCUT2D eigenvalue weighted by molar-refractivity contribution is -0.0485. The third-order valence-electron chi connectivity index (χ3n) is 4.50. The molecular weight excluding hydrogens is 144 g/mol. The van der Waals surface area contributed by atoms with Crippen LogP contribution in [0.2, 0.25) is 0 Å². The van der Waals surface area contributed by atoms with Gasteiger partial charge in [-0.15, -0.1) is 0 Å². The van der Waals surface area contributed by atoms with Gasteiger partial charge in [-0.25, -0.2) is 0 Å². The van der Waals surface area contributed by atoms with E-state index in [1.54, 1.807) is 19.3 Å². The van der Waals surface area contributed by atoms with E-state index in [4.69, 9.17) is 0 Å². The van der Waals surface area contributed by atoms with Gasteiger partial charge in [-0.2, -0.15) is 0 Å². The van der Waals surface area contributed by atoms with Gasteiger partial charge in [0.15, 0.2) is 0 Å². The van der Waals surface area contributed by atoms with Crippen molar-refractivity contribution in [1.82, 2.24) is 0 Å². The largest absolute Gasteiger partial charge is 0.0683 e. The number of hydrogen-bond donors (Lipinski definition) is 0. The molecule has 0 radical (unpaired) electrons. The maximum Gasteiger partial charge on any atom is -0.0326 e. The van der Waals surface area contributed by atoms with Crippen molar-refractivity contribution in [1.29, 1.82) is 0 Å². The molecule has 12 heavy (non-hydrogen) atoms. The van der Waals surface area contributed by atoms with Crippen LogP contribution in [0.3, 0.4) is 0 Å². The highest BCUT2D eigenvalue weighted by molar-refractivity contribution is 5.09. The molecule has 0 N–H and O–H groups in total. The molecule has 0 heteroatoms. The second-order valence-corrected chi connectivity index (χ2v) is 4.64. The molecule has 0 aliphatic heterocycles. The summed E-state index contributed by atoms with van der Waals surface area (Å²) in [5, 5.41) is 0. The van der Waals surface area contributed by atoms with E-state index < -0.39 is 0 Å². The number of hydrogen-bond acceptors (Lipinski definition) is 0. The molecule has 0 aromatic carbocycles. The van der Waals surface area contributed by atoms with Crippen molar-refractivity contribution in [2.24, 2.45) is 29.6 Å². The van der Waals surface area contributed by atoms with E-state index in [9.17, 15) is 0 Å². The van der Waals surface area contributed by atoms with E-state index in [2.05, 4.69) is 6.92 Å². The Morgan fingerprint density at radius 3 is 2.17 bits per heavy atom. The van der Waals surface area contributed by atoms with Gasteiger partial charge in [0.05, 0.1) is 0 Å². The maximum atomic E-state index is 2.38. The van der Waals surface area contributed by atoms with Crippen LogP contribution in [-0.4, -0.2) is 0 Å². The van der Waals surface area contributed by atoms with Gasteiger partial charge in [0.2, 0.25) is 0 Å². The SMILES string of the molecule is CC.CCC1CC2CC3CC1C23. The van der Waals surface area contributed by atoms with Crippen LogP contribution < -0.4 is 0 Å². The summed E-state index contributed by atoms with van der Waals surface area (Å²) in [7, 11) is 0. The van der Waals surface area contributed by atoms with Crippen LogP contribution in [0.15, 0.2) is 0 Å². The molecule has 0 heterocycles. The minimum atomic E-state index is 1.15. The van der Waals surface area contributed by atoms with Crippen molar-refractivity contribution in [2.45, 2.75) is 46.5 Å². The first-order valence-corrected chi connectivity index (χ1v) is 5.90. The fraction of sp³-hybridized carbons (Fsp3) is 1.00. The van der Waals surface area contributed by atoms with Crippen molar-refractivity contribution in [3.63, 3.8) is 0 Å². The van der Waals surface area contributed by atoms with Gasteiger partial charge >= 0.3 is 0 Å². The summed E-state index contributed by atoms with van der Waals surface area (Å²) in [5.41, 5.74) is 0. The second-order valence-electron chi connectivity index (χ2n) is 4.64. The van der Waals surface area contributed by atoms with Crippen molar-refractivity contribution in [3.05, 3.63) is 0 Å². The highest BCUT2D eigenvalue weighted by Gasteiger charge is 2.60. The molecule has 3 saturated carbocycles. The Labute approximate surface area is 76.7 Å². The fourth-order valence-corrected chi connectivity index (χ4v) is 3.95. The molecule has 3 rings (SSSR count). The first-order valence-electron chi connectivity index (χ1n) is 5.90. The van der Waals surface area contributed by atoms with Crippen molar-refractivity contribution in [3.8, 4) is 0 Å². The van der Waals surface area contributed by atoms with Crippen LogP contribution in [0, 0.1) is 29.6 Å². The van der Waals surface area contributed by atoms with Gasteiger partial charge in [-0.05, 0) is 48.9 Å². The quantitative estimate of drug-likeness (QED) is 0.557. The molecule has 3 aliphatic carbocycles. The van der Waals surface area contributed by atoms with Gasteiger partial charge in [0.1, 0.15) is 0 Å². The summed E-state index contributed by atoms with van der Waals surface area (Å²) in [6.07, 6.45) is 6.28. The zero-order chi connectivity index (χ0) is 8.72. The molecule has 3 fully saturated rings. The summed E-state index contributed by atoms with van der Waals surface area (Å²) >= 11 is 0. The van der Waals surface area contributed by atoms with Crippen LogP contribution in [-0.2, 0) is 0 Å². The molecule has 0 spiro atoms. The van der Waals surface area contributed by atoms with E-state index in [0.29, 0.717) is 0 Å². The van der Waals surface area contributed by atoms with E-state index >= 15 is 0 Å². The first-order chi connectivity index (χ1) is 5.90. The zero-order valence-electron chi connectivity index (χ0n) is 8.72. The van der Waals surface area contributed by atoms with Crippen molar-refractivity contribution in [2.75, 3.05) is 0 Å². The van der Waals surface area contributed by atoms with E-state index in [1.165, 1.54) is 30.1 Å². The van der Waals surface area contributed by atoms with Crippen LogP contribution in [0.4, 0.5) is 0 Å². The van der Waals surface area contributed by atoms with E-state index in [1.807, 2.05) is 13.8 Å². The standard InChI is InChI=1S/C10H16.C2H6/c1-2-6-3-7-4-8-5-9(6)10(7)8;1-2/h6-10H,2-5H2,1H3;1-2H3. The Morgan fingerprint density at radius 2 is 1.67 bits per heavy atom. The Bertz CT molecular complexity index is 161. The average Bonchev–Trinajstić information content (AvgIpc) is 2.28. The number of rotatable bonds is 1. The molecule has 70 valence electrons. The topological polar surface area (TPSA) is 0 Å². The molecular formula is C12H22. The fourth-order valence-electron chi connectivity index (χ4n) is 3.95. The van der Waals surface area contributed by atoms with Gasteiger partial charge in [0.25, 0.3) is 0 Å². The van der Waals surface area contributed by atoms with Crippen LogP contribution in [0.25, 0.3) is 0 Å². The third kappa shape index (κ3) is 0.900. The highest BCUT2D eigenvalue weighted by atomic mass is 14.6. The monoisotopic (exact) mass is 166 g/mol. The van der Waals surface area contributed by atoms with Gasteiger partial charge in [0, 0.05) is 0 Å². The Hall–Kier alpha value is 0. The predicted molar refractivity (Wildman–Crippen MR) is 52.9 cm³/mol. The minimum Gasteiger partial charge on any atom is -0.0683 e. The first kappa shape index (κ1) is 8.59. The summed E-state index contributed by atoms with van der Waals surface area (Å²) in [5.74, 6) is 6.01. The Kier molecular flexibility index (Phi) is 2.18. The molecule has 5 unspecified atom stereocenters. The van der Waals surface area contributed by atoms with Crippen molar-refractivity contribution < 1.29 is 0 Å². The normalized spacial score (nSPS) is 52.8. The van der Waals surface area contributed by atoms with Gasteiger partial charge in [-0.1, -0.05) is 27.2 Å². The molecule has 3 aliphatic rings. The highest BCUT2D eigenvalue weighted by Crippen LogP contribution is 2.68. The van der Waals surface area contributed by atoms with E-state index in [0.717, 1.165) is 5.92 Å². The molecule has 0 amide bonds. The molecule has 0 aromatic rings.